The number of carbonyl (C=O) groups excluding carboxylic acids is 1. The van der Waals surface area contributed by atoms with E-state index < -0.39 is 11.6 Å². The number of thiophene rings is 1. The lowest BCUT2D eigenvalue weighted by Crippen LogP contribution is -2.62. The summed E-state index contributed by atoms with van der Waals surface area (Å²) in [6.45, 7) is 3.20. The Morgan fingerprint density at radius 1 is 1.36 bits per heavy atom. The smallest absolute Gasteiger partial charge is 0.246 e. The highest BCUT2D eigenvalue weighted by Crippen LogP contribution is 2.39. The van der Waals surface area contributed by atoms with Crippen LogP contribution in [-0.4, -0.2) is 54.9 Å². The Bertz CT molecular complexity index is 778. The van der Waals surface area contributed by atoms with E-state index in [1.54, 1.807) is 25.4 Å². The molecule has 0 radical (unpaired) electrons. The molecule has 1 aliphatic rings. The molecule has 0 saturated carbocycles. The van der Waals surface area contributed by atoms with Crippen LogP contribution in [0.2, 0.25) is 0 Å². The minimum atomic E-state index is -1.01. The summed E-state index contributed by atoms with van der Waals surface area (Å²) in [6, 6.07) is 11.5. The largest absolute Gasteiger partial charge is 0.497 e. The lowest BCUT2D eigenvalue weighted by molar-refractivity contribution is -0.132. The number of benzene rings is 1. The molecule has 2 heterocycles. The van der Waals surface area contributed by atoms with E-state index in [-0.39, 0.29) is 18.6 Å². The summed E-state index contributed by atoms with van der Waals surface area (Å²) in [7, 11) is 3.15. The van der Waals surface area contributed by atoms with Crippen molar-refractivity contribution in [3.05, 3.63) is 52.2 Å². The van der Waals surface area contributed by atoms with E-state index >= 15 is 0 Å². The van der Waals surface area contributed by atoms with Gasteiger partial charge in [-0.1, -0.05) is 18.2 Å². The highest BCUT2D eigenvalue weighted by Gasteiger charge is 2.46. The van der Waals surface area contributed by atoms with E-state index in [1.807, 2.05) is 29.6 Å². The summed E-state index contributed by atoms with van der Waals surface area (Å²) >= 11 is 1.64. The van der Waals surface area contributed by atoms with Crippen molar-refractivity contribution in [3.8, 4) is 5.75 Å². The topological polar surface area (TPSA) is 71.0 Å². The third-order valence-electron chi connectivity index (χ3n) is 5.23. The van der Waals surface area contributed by atoms with Gasteiger partial charge in [0.15, 0.2) is 0 Å². The fraction of sp³-hybridized carbons (Fsp3) is 0.476. The zero-order valence-electron chi connectivity index (χ0n) is 16.6. The second-order valence-corrected chi connectivity index (χ2v) is 8.35. The number of likely N-dealkylation sites (tertiary alicyclic amines) is 1. The third-order valence-corrected chi connectivity index (χ3v) is 6.17. The zero-order valence-corrected chi connectivity index (χ0v) is 17.4. The number of nitrogens with one attached hydrogen (secondary N) is 1. The Morgan fingerprint density at radius 3 is 2.86 bits per heavy atom. The quantitative estimate of drug-likeness (QED) is 0.742. The zero-order chi connectivity index (χ0) is 20.1. The normalized spacial score (nSPS) is 25.4. The maximum atomic E-state index is 12.3. The molecule has 2 aromatic rings. The molecule has 0 aliphatic carbocycles. The molecular weight excluding hydrogens is 376 g/mol. The van der Waals surface area contributed by atoms with Crippen molar-refractivity contribution in [2.75, 3.05) is 27.4 Å². The molecule has 3 unspecified atom stereocenters. The van der Waals surface area contributed by atoms with Gasteiger partial charge in [-0.3, -0.25) is 9.69 Å². The molecule has 28 heavy (non-hydrogen) atoms. The van der Waals surface area contributed by atoms with Crippen LogP contribution >= 0.6 is 11.3 Å². The van der Waals surface area contributed by atoms with Crippen molar-refractivity contribution in [1.82, 2.24) is 10.2 Å². The number of aliphatic hydroxyl groups is 1. The lowest BCUT2D eigenvalue weighted by atomic mass is 9.81. The first-order valence-electron chi connectivity index (χ1n) is 9.35. The Kier molecular flexibility index (Phi) is 6.72. The molecule has 1 fully saturated rings. The number of rotatable bonds is 7. The van der Waals surface area contributed by atoms with Crippen LogP contribution in [0.3, 0.4) is 0 Å². The van der Waals surface area contributed by atoms with E-state index in [4.69, 9.17) is 9.47 Å². The van der Waals surface area contributed by atoms with Gasteiger partial charge in [0.2, 0.25) is 5.91 Å². The molecule has 1 aromatic heterocycles. The first-order chi connectivity index (χ1) is 13.4. The van der Waals surface area contributed by atoms with Crippen LogP contribution in [0.5, 0.6) is 5.75 Å². The van der Waals surface area contributed by atoms with E-state index in [2.05, 4.69) is 22.3 Å². The Hall–Kier alpha value is -1.93. The molecular formula is C21H28N2O4S. The standard InChI is InChI=1S/C21H28N2O4S/c1-21(25)9-10-23(13-15-6-4-7-16(12-15)27-3)19(17-8-5-11-28-17)20(21)22-18(24)14-26-2/h4-8,11-12,19-20,25H,9-10,13-14H2,1-3H3,(H,22,24). The number of amides is 1. The summed E-state index contributed by atoms with van der Waals surface area (Å²) in [4.78, 5) is 15.7. The predicted molar refractivity (Wildman–Crippen MR) is 110 cm³/mol. The number of hydrogen-bond acceptors (Lipinski definition) is 6. The average molecular weight is 405 g/mol. The van der Waals surface area contributed by atoms with Crippen molar-refractivity contribution < 1.29 is 19.4 Å². The van der Waals surface area contributed by atoms with E-state index in [0.717, 1.165) is 22.7 Å². The van der Waals surface area contributed by atoms with Gasteiger partial charge in [0.1, 0.15) is 12.4 Å². The summed E-state index contributed by atoms with van der Waals surface area (Å²) in [6.07, 6.45) is 0.566. The van der Waals surface area contributed by atoms with Gasteiger partial charge in [-0.2, -0.15) is 0 Å². The third kappa shape index (κ3) is 4.72. The highest BCUT2D eigenvalue weighted by atomic mass is 32.1. The molecule has 1 amide bonds. The summed E-state index contributed by atoms with van der Waals surface area (Å²) in [5, 5.41) is 16.1. The van der Waals surface area contributed by atoms with Crippen LogP contribution in [0.4, 0.5) is 0 Å². The van der Waals surface area contributed by atoms with Gasteiger partial charge in [0.25, 0.3) is 0 Å². The van der Waals surface area contributed by atoms with E-state index in [1.165, 1.54) is 7.11 Å². The first kappa shape index (κ1) is 20.8. The minimum Gasteiger partial charge on any atom is -0.497 e. The summed E-state index contributed by atoms with van der Waals surface area (Å²) in [5.74, 6) is 0.594. The molecule has 0 bridgehead atoms. The number of ether oxygens (including phenoxy) is 2. The van der Waals surface area contributed by atoms with Gasteiger partial charge >= 0.3 is 0 Å². The van der Waals surface area contributed by atoms with Gasteiger partial charge < -0.3 is 19.9 Å². The van der Waals surface area contributed by atoms with Crippen molar-refractivity contribution in [2.24, 2.45) is 0 Å². The fourth-order valence-corrected chi connectivity index (χ4v) is 4.68. The molecule has 1 aromatic carbocycles. The van der Waals surface area contributed by atoms with Crippen molar-refractivity contribution in [2.45, 2.75) is 37.6 Å². The number of hydrogen-bond donors (Lipinski definition) is 2. The molecule has 1 aliphatic heterocycles. The molecule has 1 saturated heterocycles. The van der Waals surface area contributed by atoms with Gasteiger partial charge in [0, 0.05) is 25.1 Å². The number of nitrogens with zero attached hydrogens (tertiary/aromatic N) is 1. The molecule has 3 rings (SSSR count). The van der Waals surface area contributed by atoms with Crippen LogP contribution in [0.1, 0.15) is 29.8 Å². The Morgan fingerprint density at radius 2 is 2.18 bits per heavy atom. The van der Waals surface area contributed by atoms with Crippen LogP contribution in [0, 0.1) is 0 Å². The number of carbonyl (C=O) groups is 1. The molecule has 7 heteroatoms. The van der Waals surface area contributed by atoms with Gasteiger partial charge in [-0.25, -0.2) is 0 Å². The Labute approximate surface area is 170 Å². The molecule has 0 spiro atoms. The SMILES string of the molecule is COCC(=O)NC1C(c2cccs2)N(Cc2cccc(OC)c2)CCC1(C)O. The van der Waals surface area contributed by atoms with Crippen molar-refractivity contribution in [3.63, 3.8) is 0 Å². The summed E-state index contributed by atoms with van der Waals surface area (Å²) in [5.41, 5.74) is 0.118. The first-order valence-corrected chi connectivity index (χ1v) is 10.2. The van der Waals surface area contributed by atoms with Gasteiger partial charge in [-0.05, 0) is 42.5 Å². The van der Waals surface area contributed by atoms with E-state index in [9.17, 15) is 9.90 Å². The van der Waals surface area contributed by atoms with Crippen molar-refractivity contribution in [1.29, 1.82) is 0 Å². The van der Waals surface area contributed by atoms with E-state index in [0.29, 0.717) is 13.0 Å². The predicted octanol–water partition coefficient (Wildman–Crippen LogP) is 2.59. The highest BCUT2D eigenvalue weighted by molar-refractivity contribution is 7.10. The van der Waals surface area contributed by atoms with Crippen molar-refractivity contribution >= 4 is 17.2 Å². The van der Waals surface area contributed by atoms with Gasteiger partial charge in [-0.15, -0.1) is 11.3 Å². The maximum Gasteiger partial charge on any atom is 0.246 e. The van der Waals surface area contributed by atoms with Gasteiger partial charge in [0.05, 0.1) is 24.8 Å². The molecule has 6 nitrogen and oxygen atoms in total. The monoisotopic (exact) mass is 404 g/mol. The summed E-state index contributed by atoms with van der Waals surface area (Å²) < 4.78 is 10.3. The van der Waals surface area contributed by atoms with Crippen LogP contribution in [-0.2, 0) is 16.1 Å². The second-order valence-electron chi connectivity index (χ2n) is 7.37. The average Bonchev–Trinajstić information content (AvgIpc) is 3.19. The molecule has 2 N–H and O–H groups in total. The molecule has 3 atom stereocenters. The molecule has 152 valence electrons. The lowest BCUT2D eigenvalue weighted by Gasteiger charge is -2.48. The maximum absolute atomic E-state index is 12.3. The van der Waals surface area contributed by atoms with Crippen LogP contribution in [0.15, 0.2) is 41.8 Å². The number of piperidine rings is 1. The van der Waals surface area contributed by atoms with Crippen LogP contribution < -0.4 is 10.1 Å². The Balaban J connectivity index is 1.91. The fourth-order valence-electron chi connectivity index (χ4n) is 3.78. The second kappa shape index (κ2) is 9.05. The minimum absolute atomic E-state index is 0.0282. The van der Waals surface area contributed by atoms with Crippen LogP contribution in [0.25, 0.3) is 0 Å². The number of methoxy groups -OCH3 is 2.